The summed E-state index contributed by atoms with van der Waals surface area (Å²) < 4.78 is 49.1. The maximum atomic E-state index is 13.6. The van der Waals surface area contributed by atoms with Crippen LogP contribution in [0.2, 0.25) is 0 Å². The van der Waals surface area contributed by atoms with Crippen LogP contribution in [0.4, 0.5) is 29.7 Å². The first-order valence-corrected chi connectivity index (χ1v) is 19.1. The molecule has 1 fully saturated rings. The molecule has 5 rings (SSSR count). The summed E-state index contributed by atoms with van der Waals surface area (Å²) in [5.41, 5.74) is -0.244. The second-order valence-corrected chi connectivity index (χ2v) is 14.5. The number of anilines is 1. The molecule has 0 bridgehead atoms. The average Bonchev–Trinajstić information content (AvgIpc) is 3.66. The molecule has 0 saturated carbocycles. The number of nitro benzene ring substituents is 2. The van der Waals surface area contributed by atoms with Crippen molar-refractivity contribution in [2.75, 3.05) is 23.4 Å². The van der Waals surface area contributed by atoms with Crippen LogP contribution in [-0.2, 0) is 51.5 Å². The van der Waals surface area contributed by atoms with Crippen LogP contribution in [0.3, 0.4) is 0 Å². The van der Waals surface area contributed by atoms with E-state index >= 15 is 0 Å². The first-order valence-electron chi connectivity index (χ1n) is 16.1. The van der Waals surface area contributed by atoms with Gasteiger partial charge in [-0.15, -0.1) is 34.9 Å². The molecule has 58 heavy (non-hydrogen) atoms. The molecule has 3 aromatic rings. The van der Waals surface area contributed by atoms with Crippen LogP contribution in [0.25, 0.3) is 0 Å². The Morgan fingerprint density at radius 2 is 1.62 bits per heavy atom. The van der Waals surface area contributed by atoms with E-state index in [0.717, 1.165) is 10.3 Å². The van der Waals surface area contributed by atoms with Gasteiger partial charge in [0.1, 0.15) is 36.0 Å². The van der Waals surface area contributed by atoms with Gasteiger partial charge in [0, 0.05) is 41.2 Å². The fourth-order valence-corrected chi connectivity index (χ4v) is 7.69. The van der Waals surface area contributed by atoms with Gasteiger partial charge in [-0.1, -0.05) is 11.7 Å². The molecule has 304 valence electrons. The Morgan fingerprint density at radius 1 is 1.02 bits per heavy atom. The number of thiazole rings is 1. The number of hydrogen-bond donors (Lipinski definition) is 2. The van der Waals surface area contributed by atoms with Crippen LogP contribution in [0.1, 0.15) is 16.8 Å². The van der Waals surface area contributed by atoms with Crippen molar-refractivity contribution in [2.24, 2.45) is 5.16 Å². The molecule has 2 aliphatic heterocycles. The number of rotatable bonds is 17. The summed E-state index contributed by atoms with van der Waals surface area (Å²) in [4.78, 5) is 95.1. The van der Waals surface area contributed by atoms with E-state index < -0.39 is 80.2 Å². The van der Waals surface area contributed by atoms with Gasteiger partial charge in [0.25, 0.3) is 23.2 Å². The summed E-state index contributed by atoms with van der Waals surface area (Å²) in [6.45, 7) is 2.14. The number of carbonyl (C=O) groups is 5. The standard InChI is InChI=1S/C33H26F3N7O12S3/c1-2-56-14-19-15-57-29-25(28(46)41(29)26(19)30(47)54-12-18-5-9-21(10-6-18)43(51)52)38-27(45)24(22-16-58-32(37-22)39-31(48)33(34,35)36)40-55-13-23(44)53-11-17-3-7-20(8-4-17)42(49)50/h2-10,16,25,29H,1,11-15H2,(H,38,45)(H,37,39,48)/b40-24+. The number of hydrogen-bond acceptors (Lipinski definition) is 17. The number of alkyl halides is 3. The molecule has 3 heterocycles. The first kappa shape index (κ1) is 42.8. The minimum atomic E-state index is -5.26. The predicted molar refractivity (Wildman–Crippen MR) is 200 cm³/mol. The third-order valence-corrected chi connectivity index (χ3v) is 10.6. The monoisotopic (exact) mass is 865 g/mol. The quantitative estimate of drug-likeness (QED) is 0.0634. The molecule has 25 heteroatoms. The van der Waals surface area contributed by atoms with Crippen molar-refractivity contribution in [1.82, 2.24) is 15.2 Å². The number of aromatic nitrogens is 1. The topological polar surface area (TPSA) is 252 Å². The number of thioether (sulfide) groups is 2. The first-order chi connectivity index (χ1) is 27.6. The van der Waals surface area contributed by atoms with Crippen LogP contribution < -0.4 is 10.6 Å². The number of nitro groups is 2. The van der Waals surface area contributed by atoms with Crippen LogP contribution in [-0.4, -0.2) is 90.8 Å². The van der Waals surface area contributed by atoms with Gasteiger partial charge < -0.3 is 19.6 Å². The molecule has 0 aliphatic carbocycles. The Balaban J connectivity index is 1.30. The predicted octanol–water partition coefficient (Wildman–Crippen LogP) is 4.20. The van der Waals surface area contributed by atoms with Gasteiger partial charge >= 0.3 is 24.0 Å². The molecule has 3 amide bonds. The number of oxime groups is 1. The van der Waals surface area contributed by atoms with Crippen LogP contribution >= 0.6 is 34.9 Å². The van der Waals surface area contributed by atoms with Crippen molar-refractivity contribution in [1.29, 1.82) is 0 Å². The number of esters is 2. The van der Waals surface area contributed by atoms with Crippen molar-refractivity contribution < 1.29 is 61.3 Å². The molecule has 0 radical (unpaired) electrons. The number of nitrogens with zero attached hydrogens (tertiary/aromatic N) is 5. The van der Waals surface area contributed by atoms with Gasteiger partial charge in [0.15, 0.2) is 10.8 Å². The smallest absolute Gasteiger partial charge is 0.458 e. The maximum Gasteiger partial charge on any atom is 0.471 e. The number of ether oxygens (including phenoxy) is 2. The summed E-state index contributed by atoms with van der Waals surface area (Å²) in [6, 6.07) is 9.07. The van der Waals surface area contributed by atoms with Gasteiger partial charge in [0.05, 0.1) is 9.85 Å². The van der Waals surface area contributed by atoms with E-state index in [0.29, 0.717) is 28.0 Å². The Morgan fingerprint density at radius 3 is 2.19 bits per heavy atom. The van der Waals surface area contributed by atoms with Crippen molar-refractivity contribution in [3.63, 3.8) is 0 Å². The SMILES string of the molecule is C=CSCC1=C(C(=O)OCc2ccc([N+](=O)[O-])cc2)N2C(=O)C(NC(=O)/C(=N/OCC(=O)OCc3ccc([N+](=O)[O-])cc3)c3csc(NC(=O)C(F)(F)F)n3)C2SC1. The molecule has 19 nitrogen and oxygen atoms in total. The van der Waals surface area contributed by atoms with E-state index in [1.165, 1.54) is 82.8 Å². The maximum absolute atomic E-state index is 13.6. The number of non-ortho nitro benzene ring substituents is 2. The zero-order valence-corrected chi connectivity index (χ0v) is 31.6. The van der Waals surface area contributed by atoms with Crippen LogP contribution in [0.5, 0.6) is 0 Å². The summed E-state index contributed by atoms with van der Waals surface area (Å²) in [5, 5.41) is 30.6. The largest absolute Gasteiger partial charge is 0.471 e. The van der Waals surface area contributed by atoms with E-state index in [1.807, 2.05) is 0 Å². The molecule has 1 saturated heterocycles. The van der Waals surface area contributed by atoms with E-state index in [9.17, 15) is 57.4 Å². The number of carbonyl (C=O) groups excluding carboxylic acids is 5. The Hall–Kier alpha value is -6.34. The summed E-state index contributed by atoms with van der Waals surface area (Å²) in [7, 11) is 0. The summed E-state index contributed by atoms with van der Waals surface area (Å²) in [5.74, 6) is -5.66. The number of halogens is 3. The molecule has 2 unspecified atom stereocenters. The molecule has 0 spiro atoms. The number of amides is 3. The fourth-order valence-electron chi connectivity index (χ4n) is 4.96. The van der Waals surface area contributed by atoms with Crippen LogP contribution in [0.15, 0.2) is 82.3 Å². The van der Waals surface area contributed by atoms with E-state index in [1.54, 1.807) is 0 Å². The van der Waals surface area contributed by atoms with E-state index in [4.69, 9.17) is 14.3 Å². The second kappa shape index (κ2) is 18.7. The lowest BCUT2D eigenvalue weighted by molar-refractivity contribution is -0.385. The lowest BCUT2D eigenvalue weighted by atomic mass is 10.0. The molecule has 2 atom stereocenters. The third kappa shape index (κ3) is 10.5. The summed E-state index contributed by atoms with van der Waals surface area (Å²) in [6.07, 6.45) is -5.26. The van der Waals surface area contributed by atoms with Crippen molar-refractivity contribution in [3.8, 4) is 0 Å². The van der Waals surface area contributed by atoms with Crippen molar-refractivity contribution >= 4 is 86.7 Å². The Bertz CT molecular complexity index is 2200. The number of benzene rings is 2. The molecule has 2 N–H and O–H groups in total. The minimum Gasteiger partial charge on any atom is -0.458 e. The van der Waals surface area contributed by atoms with Crippen LogP contribution in [0, 0.1) is 20.2 Å². The number of nitrogens with one attached hydrogen (secondary N) is 2. The fraction of sp³-hybridized carbons (Fsp3) is 0.242. The van der Waals surface area contributed by atoms with Gasteiger partial charge in [-0.3, -0.25) is 44.8 Å². The zero-order chi connectivity index (χ0) is 42.1. The Labute approximate surface area is 335 Å². The van der Waals surface area contributed by atoms with Gasteiger partial charge in [0.2, 0.25) is 6.61 Å². The second-order valence-electron chi connectivity index (χ2n) is 11.6. The van der Waals surface area contributed by atoms with E-state index in [-0.39, 0.29) is 41.8 Å². The van der Waals surface area contributed by atoms with Crippen molar-refractivity contribution in [2.45, 2.75) is 30.8 Å². The van der Waals surface area contributed by atoms with Gasteiger partial charge in [-0.25, -0.2) is 14.6 Å². The lowest BCUT2D eigenvalue weighted by Gasteiger charge is -2.49. The molecular formula is C33H26F3N7O12S3. The highest BCUT2D eigenvalue weighted by molar-refractivity contribution is 8.02. The van der Waals surface area contributed by atoms with Gasteiger partial charge in [-0.05, 0) is 46.4 Å². The molecular weight excluding hydrogens is 840 g/mol. The molecule has 2 aromatic carbocycles. The highest BCUT2D eigenvalue weighted by Gasteiger charge is 2.54. The highest BCUT2D eigenvalue weighted by Crippen LogP contribution is 2.41. The minimum absolute atomic E-state index is 0.0791. The molecule has 1 aromatic heterocycles. The van der Waals surface area contributed by atoms with Crippen molar-refractivity contribution in [3.05, 3.63) is 114 Å². The third-order valence-electron chi connectivity index (χ3n) is 7.74. The zero-order valence-electron chi connectivity index (χ0n) is 29.2. The summed E-state index contributed by atoms with van der Waals surface area (Å²) >= 11 is 2.93. The number of β-lactam (4-membered cyclic amide) rings is 1. The normalized spacial score (nSPS) is 16.4. The van der Waals surface area contributed by atoms with Gasteiger partial charge in [-0.2, -0.15) is 13.2 Å². The lowest BCUT2D eigenvalue weighted by Crippen LogP contribution is -2.71. The molecule has 2 aliphatic rings. The Kier molecular flexibility index (Phi) is 13.8. The highest BCUT2D eigenvalue weighted by atomic mass is 32.2. The number of fused-ring (bicyclic) bond motifs is 1. The average molecular weight is 866 g/mol. The van der Waals surface area contributed by atoms with E-state index in [2.05, 4.69) is 22.0 Å².